The normalized spacial score (nSPS) is 15.9. The van der Waals surface area contributed by atoms with Gasteiger partial charge in [0.25, 0.3) is 0 Å². The second-order valence-electron chi connectivity index (χ2n) is 3.97. The zero-order valence-corrected chi connectivity index (χ0v) is 9.01. The Hall–Kier alpha value is -0.870. The molecule has 4 heteroatoms. The molecule has 4 nitrogen and oxygen atoms in total. The van der Waals surface area contributed by atoms with E-state index in [0.29, 0.717) is 12.5 Å². The lowest BCUT2D eigenvalue weighted by molar-refractivity contribution is 0.0788. The molecule has 1 rings (SSSR count). The molecule has 1 heterocycles. The molecular weight excluding hydrogens is 178 g/mol. The van der Waals surface area contributed by atoms with Crippen LogP contribution in [0.1, 0.15) is 25.6 Å². The van der Waals surface area contributed by atoms with Crippen LogP contribution >= 0.6 is 0 Å². The van der Waals surface area contributed by atoms with Crippen LogP contribution in [0.25, 0.3) is 0 Å². The zero-order valence-electron chi connectivity index (χ0n) is 9.01. The highest BCUT2D eigenvalue weighted by Gasteiger charge is 2.24. The summed E-state index contributed by atoms with van der Waals surface area (Å²) in [6, 6.07) is 1.83. The first-order chi connectivity index (χ1) is 6.57. The molecule has 0 saturated carbocycles. The summed E-state index contributed by atoms with van der Waals surface area (Å²) in [4.78, 5) is 0. The second-order valence-corrected chi connectivity index (χ2v) is 3.97. The van der Waals surface area contributed by atoms with Gasteiger partial charge in [0, 0.05) is 19.2 Å². The third-order valence-corrected chi connectivity index (χ3v) is 2.70. The molecule has 0 saturated heterocycles. The number of aromatic nitrogens is 2. The lowest BCUT2D eigenvalue weighted by Gasteiger charge is -2.24. The van der Waals surface area contributed by atoms with Crippen molar-refractivity contribution >= 4 is 0 Å². The fraction of sp³-hybridized carbons (Fsp3) is 0.700. The molecule has 1 aromatic rings. The van der Waals surface area contributed by atoms with Crippen LogP contribution in [0.15, 0.2) is 12.3 Å². The van der Waals surface area contributed by atoms with Gasteiger partial charge >= 0.3 is 0 Å². The van der Waals surface area contributed by atoms with Crippen LogP contribution in [0.3, 0.4) is 0 Å². The number of hydrogen-bond donors (Lipinski definition) is 2. The van der Waals surface area contributed by atoms with Crippen molar-refractivity contribution in [3.05, 3.63) is 18.0 Å². The van der Waals surface area contributed by atoms with Crippen LogP contribution in [0.4, 0.5) is 0 Å². The summed E-state index contributed by atoms with van der Waals surface area (Å²) in [7, 11) is 1.83. The maximum absolute atomic E-state index is 10.1. The van der Waals surface area contributed by atoms with Crippen LogP contribution < -0.4 is 5.73 Å². The van der Waals surface area contributed by atoms with Crippen LogP contribution in [0.5, 0.6) is 0 Å². The highest BCUT2D eigenvalue weighted by Crippen LogP contribution is 2.26. The van der Waals surface area contributed by atoms with Gasteiger partial charge in [-0.15, -0.1) is 0 Å². The smallest absolute Gasteiger partial charge is 0.0999 e. The largest absolute Gasteiger partial charge is 0.386 e. The van der Waals surface area contributed by atoms with Gasteiger partial charge in [0.15, 0.2) is 0 Å². The van der Waals surface area contributed by atoms with Gasteiger partial charge in [0.1, 0.15) is 0 Å². The van der Waals surface area contributed by atoms with E-state index in [1.54, 1.807) is 10.9 Å². The van der Waals surface area contributed by atoms with Gasteiger partial charge in [-0.2, -0.15) is 5.10 Å². The Morgan fingerprint density at radius 2 is 2.21 bits per heavy atom. The first-order valence-corrected chi connectivity index (χ1v) is 4.94. The number of rotatable bonds is 4. The van der Waals surface area contributed by atoms with Crippen LogP contribution in [-0.2, 0) is 7.05 Å². The van der Waals surface area contributed by atoms with E-state index in [1.807, 2.05) is 13.1 Å². The van der Waals surface area contributed by atoms with Crippen molar-refractivity contribution in [2.75, 3.05) is 6.54 Å². The Morgan fingerprint density at radius 1 is 1.57 bits per heavy atom. The van der Waals surface area contributed by atoms with E-state index in [9.17, 15) is 5.11 Å². The Morgan fingerprint density at radius 3 is 2.57 bits per heavy atom. The van der Waals surface area contributed by atoms with Gasteiger partial charge < -0.3 is 10.8 Å². The number of hydrogen-bond acceptors (Lipinski definition) is 3. The fourth-order valence-electron chi connectivity index (χ4n) is 1.66. The molecule has 0 radical (unpaired) electrons. The Kier molecular flexibility index (Phi) is 3.66. The molecule has 3 N–H and O–H groups in total. The molecule has 0 amide bonds. The van der Waals surface area contributed by atoms with Crippen molar-refractivity contribution in [1.29, 1.82) is 0 Å². The Bertz CT molecular complexity index is 283. The van der Waals surface area contributed by atoms with E-state index in [4.69, 9.17) is 5.73 Å². The predicted octanol–water partition coefficient (Wildman–Crippen LogP) is 0.684. The average Bonchev–Trinajstić information content (AvgIpc) is 2.51. The molecule has 0 aliphatic carbocycles. The fourth-order valence-corrected chi connectivity index (χ4v) is 1.66. The molecule has 0 aliphatic rings. The molecule has 80 valence electrons. The van der Waals surface area contributed by atoms with Crippen LogP contribution in [0, 0.1) is 11.8 Å². The van der Waals surface area contributed by atoms with Crippen molar-refractivity contribution in [2.45, 2.75) is 20.0 Å². The maximum atomic E-state index is 10.1. The van der Waals surface area contributed by atoms with Crippen molar-refractivity contribution in [3.8, 4) is 0 Å². The topological polar surface area (TPSA) is 64.1 Å². The minimum Gasteiger partial charge on any atom is -0.386 e. The summed E-state index contributed by atoms with van der Waals surface area (Å²) in [6.07, 6.45) is 1.17. The second kappa shape index (κ2) is 4.57. The van der Waals surface area contributed by atoms with E-state index in [1.165, 1.54) is 0 Å². The van der Waals surface area contributed by atoms with Gasteiger partial charge in [-0.25, -0.2) is 0 Å². The molecular formula is C10H19N3O. The standard InChI is InChI=1S/C10H19N3O/c1-7(2)8(6-11)10(14)9-4-5-12-13(9)3/h4-5,7-8,10,14H,6,11H2,1-3H3. The molecule has 0 fully saturated rings. The molecule has 0 bridgehead atoms. The quantitative estimate of drug-likeness (QED) is 0.746. The summed E-state index contributed by atoms with van der Waals surface area (Å²) < 4.78 is 1.69. The molecule has 2 unspecified atom stereocenters. The Labute approximate surface area is 84.7 Å². The molecule has 0 aliphatic heterocycles. The zero-order chi connectivity index (χ0) is 10.7. The van der Waals surface area contributed by atoms with Crippen molar-refractivity contribution in [1.82, 2.24) is 9.78 Å². The van der Waals surface area contributed by atoms with Gasteiger partial charge in [-0.05, 0) is 18.5 Å². The SMILES string of the molecule is CC(C)C(CN)C(O)c1ccnn1C. The summed E-state index contributed by atoms with van der Waals surface area (Å²) in [5.74, 6) is 0.454. The lowest BCUT2D eigenvalue weighted by Crippen LogP contribution is -2.27. The number of aliphatic hydroxyl groups excluding tert-OH is 1. The minimum atomic E-state index is -0.521. The summed E-state index contributed by atoms with van der Waals surface area (Å²) in [5.41, 5.74) is 6.47. The summed E-state index contributed by atoms with van der Waals surface area (Å²) in [6.45, 7) is 4.62. The first kappa shape index (κ1) is 11.2. The predicted molar refractivity (Wildman–Crippen MR) is 55.6 cm³/mol. The first-order valence-electron chi connectivity index (χ1n) is 4.94. The van der Waals surface area contributed by atoms with E-state index in [2.05, 4.69) is 18.9 Å². The maximum Gasteiger partial charge on any atom is 0.0999 e. The molecule has 2 atom stereocenters. The van der Waals surface area contributed by atoms with Gasteiger partial charge in [0.2, 0.25) is 0 Å². The third-order valence-electron chi connectivity index (χ3n) is 2.70. The van der Waals surface area contributed by atoms with E-state index < -0.39 is 6.10 Å². The Balaban J connectivity index is 2.83. The van der Waals surface area contributed by atoms with Crippen LogP contribution in [0.2, 0.25) is 0 Å². The van der Waals surface area contributed by atoms with Crippen molar-refractivity contribution in [2.24, 2.45) is 24.6 Å². The van der Waals surface area contributed by atoms with Crippen molar-refractivity contribution in [3.63, 3.8) is 0 Å². The van der Waals surface area contributed by atoms with E-state index >= 15 is 0 Å². The lowest BCUT2D eigenvalue weighted by atomic mass is 9.89. The van der Waals surface area contributed by atoms with E-state index in [-0.39, 0.29) is 5.92 Å². The molecule has 14 heavy (non-hydrogen) atoms. The summed E-state index contributed by atoms with van der Waals surface area (Å²) >= 11 is 0. The molecule has 0 aromatic carbocycles. The highest BCUT2D eigenvalue weighted by atomic mass is 16.3. The third kappa shape index (κ3) is 2.13. The van der Waals surface area contributed by atoms with E-state index in [0.717, 1.165) is 5.69 Å². The van der Waals surface area contributed by atoms with Gasteiger partial charge in [-0.1, -0.05) is 13.8 Å². The number of nitrogens with two attached hydrogens (primary N) is 1. The van der Waals surface area contributed by atoms with Crippen molar-refractivity contribution < 1.29 is 5.11 Å². The highest BCUT2D eigenvalue weighted by molar-refractivity contribution is 5.05. The summed E-state index contributed by atoms with van der Waals surface area (Å²) in [5, 5.41) is 14.1. The number of nitrogens with zero attached hydrogens (tertiary/aromatic N) is 2. The molecule has 1 aromatic heterocycles. The minimum absolute atomic E-state index is 0.0883. The number of aliphatic hydroxyl groups is 1. The monoisotopic (exact) mass is 197 g/mol. The van der Waals surface area contributed by atoms with Gasteiger partial charge in [-0.3, -0.25) is 4.68 Å². The van der Waals surface area contributed by atoms with Gasteiger partial charge in [0.05, 0.1) is 11.8 Å². The average molecular weight is 197 g/mol. The molecule has 0 spiro atoms. The number of aryl methyl sites for hydroxylation is 1. The van der Waals surface area contributed by atoms with Crippen LogP contribution in [-0.4, -0.2) is 21.4 Å².